The van der Waals surface area contributed by atoms with E-state index in [2.05, 4.69) is 30.5 Å². The van der Waals surface area contributed by atoms with Gasteiger partial charge in [0.1, 0.15) is 0 Å². The van der Waals surface area contributed by atoms with Crippen molar-refractivity contribution in [1.29, 1.82) is 0 Å². The molecular formula is C21H29N3O3S2. The second-order valence-corrected chi connectivity index (χ2v) is 11.1. The molecule has 1 atom stereocenters. The van der Waals surface area contributed by atoms with Gasteiger partial charge in [0, 0.05) is 28.9 Å². The Labute approximate surface area is 177 Å². The summed E-state index contributed by atoms with van der Waals surface area (Å²) in [7, 11) is -3.48. The zero-order chi connectivity index (χ0) is 21.2. The van der Waals surface area contributed by atoms with Crippen molar-refractivity contribution >= 4 is 27.4 Å². The molecule has 2 N–H and O–H groups in total. The lowest BCUT2D eigenvalue weighted by molar-refractivity contribution is 0.225. The quantitative estimate of drug-likeness (QED) is 0.748. The highest BCUT2D eigenvalue weighted by molar-refractivity contribution is 7.89. The first-order valence-corrected chi connectivity index (χ1v) is 12.1. The fourth-order valence-corrected chi connectivity index (χ4v) is 6.17. The van der Waals surface area contributed by atoms with Gasteiger partial charge < -0.3 is 10.6 Å². The molecular weight excluding hydrogens is 406 g/mol. The molecule has 0 radical (unpaired) electrons. The number of urea groups is 1. The summed E-state index contributed by atoms with van der Waals surface area (Å²) in [5, 5.41) is 5.99. The second kappa shape index (κ2) is 8.85. The molecule has 2 heterocycles. The SMILES string of the molecule is Cc1ccc(S(=O)(=O)N2CCC(NC(=O)NC(C)c3cc(C)sc3C)CC2)cc1. The molecule has 2 aromatic rings. The Hall–Kier alpha value is -1.90. The van der Waals surface area contributed by atoms with Gasteiger partial charge in [-0.3, -0.25) is 0 Å². The van der Waals surface area contributed by atoms with Crippen molar-refractivity contribution in [3.8, 4) is 0 Å². The van der Waals surface area contributed by atoms with Crippen LogP contribution in [-0.4, -0.2) is 37.9 Å². The molecule has 1 fully saturated rings. The Bertz CT molecular complexity index is 960. The summed E-state index contributed by atoms with van der Waals surface area (Å²) in [4.78, 5) is 15.2. The van der Waals surface area contributed by atoms with Crippen LogP contribution < -0.4 is 10.6 Å². The Kier molecular flexibility index (Phi) is 6.65. The molecule has 1 saturated heterocycles. The number of thiophene rings is 1. The lowest BCUT2D eigenvalue weighted by atomic mass is 10.1. The first-order valence-electron chi connectivity index (χ1n) is 9.87. The van der Waals surface area contributed by atoms with Crippen LogP contribution in [0.2, 0.25) is 0 Å². The number of hydrogen-bond acceptors (Lipinski definition) is 4. The zero-order valence-electron chi connectivity index (χ0n) is 17.4. The van der Waals surface area contributed by atoms with Crippen molar-refractivity contribution in [2.75, 3.05) is 13.1 Å². The third-order valence-corrected chi connectivity index (χ3v) is 8.24. The Morgan fingerprint density at radius 3 is 2.31 bits per heavy atom. The van der Waals surface area contributed by atoms with Gasteiger partial charge in [0.25, 0.3) is 0 Å². The molecule has 1 aromatic heterocycles. The topological polar surface area (TPSA) is 78.5 Å². The molecule has 1 unspecified atom stereocenters. The Morgan fingerprint density at radius 2 is 1.76 bits per heavy atom. The predicted octanol–water partition coefficient (Wildman–Crippen LogP) is 3.89. The standard InChI is InChI=1S/C21H29N3O3S2/c1-14-5-7-19(8-6-14)29(26,27)24-11-9-18(10-12-24)23-21(25)22-16(3)20-13-15(2)28-17(20)4/h5-8,13,16,18H,9-12H2,1-4H3,(H2,22,23,25). The molecule has 158 valence electrons. The number of hydrogen-bond donors (Lipinski definition) is 2. The van der Waals surface area contributed by atoms with Crippen molar-refractivity contribution in [3.05, 3.63) is 51.2 Å². The van der Waals surface area contributed by atoms with Crippen LogP contribution in [0, 0.1) is 20.8 Å². The zero-order valence-corrected chi connectivity index (χ0v) is 19.0. The summed E-state index contributed by atoms with van der Waals surface area (Å²) >= 11 is 1.73. The lowest BCUT2D eigenvalue weighted by Crippen LogP contribution is -2.49. The van der Waals surface area contributed by atoms with E-state index < -0.39 is 10.0 Å². The van der Waals surface area contributed by atoms with E-state index in [1.165, 1.54) is 14.1 Å². The number of carbonyl (C=O) groups is 1. The van der Waals surface area contributed by atoms with Crippen LogP contribution in [0.3, 0.4) is 0 Å². The van der Waals surface area contributed by atoms with Gasteiger partial charge in [-0.1, -0.05) is 17.7 Å². The maximum absolute atomic E-state index is 12.8. The highest BCUT2D eigenvalue weighted by Crippen LogP contribution is 2.26. The van der Waals surface area contributed by atoms with E-state index in [9.17, 15) is 13.2 Å². The molecule has 29 heavy (non-hydrogen) atoms. The van der Waals surface area contributed by atoms with Crippen molar-refractivity contribution in [2.45, 2.75) is 57.5 Å². The summed E-state index contributed by atoms with van der Waals surface area (Å²) < 4.78 is 27.1. The number of nitrogens with one attached hydrogen (secondary N) is 2. The van der Waals surface area contributed by atoms with Crippen molar-refractivity contribution in [2.24, 2.45) is 0 Å². The van der Waals surface area contributed by atoms with E-state index in [1.54, 1.807) is 23.5 Å². The predicted molar refractivity (Wildman–Crippen MR) is 117 cm³/mol. The molecule has 1 aliphatic rings. The van der Waals surface area contributed by atoms with Gasteiger partial charge in [0.15, 0.2) is 0 Å². The fraction of sp³-hybridized carbons (Fsp3) is 0.476. The number of sulfonamides is 1. The number of aryl methyl sites for hydroxylation is 3. The minimum atomic E-state index is -3.48. The number of rotatable bonds is 5. The number of amides is 2. The smallest absolute Gasteiger partial charge is 0.315 e. The van der Waals surface area contributed by atoms with E-state index in [4.69, 9.17) is 0 Å². The summed E-state index contributed by atoms with van der Waals surface area (Å²) in [6.07, 6.45) is 1.20. The molecule has 1 aromatic carbocycles. The fourth-order valence-electron chi connectivity index (χ4n) is 3.68. The van der Waals surface area contributed by atoms with Gasteiger partial charge in [-0.15, -0.1) is 11.3 Å². The number of piperidine rings is 1. The van der Waals surface area contributed by atoms with E-state index in [0.29, 0.717) is 30.8 Å². The number of nitrogens with zero attached hydrogens (tertiary/aromatic N) is 1. The van der Waals surface area contributed by atoms with Crippen LogP contribution in [0.5, 0.6) is 0 Å². The van der Waals surface area contributed by atoms with Gasteiger partial charge in [0.05, 0.1) is 10.9 Å². The Morgan fingerprint density at radius 1 is 1.14 bits per heavy atom. The van der Waals surface area contributed by atoms with Gasteiger partial charge in [-0.2, -0.15) is 4.31 Å². The van der Waals surface area contributed by atoms with E-state index >= 15 is 0 Å². The van der Waals surface area contributed by atoms with Crippen LogP contribution in [0.4, 0.5) is 4.79 Å². The average molecular weight is 436 g/mol. The monoisotopic (exact) mass is 435 g/mol. The maximum Gasteiger partial charge on any atom is 0.315 e. The van der Waals surface area contributed by atoms with Crippen molar-refractivity contribution < 1.29 is 13.2 Å². The van der Waals surface area contributed by atoms with Crippen LogP contribution >= 0.6 is 11.3 Å². The van der Waals surface area contributed by atoms with E-state index in [-0.39, 0.29) is 18.1 Å². The van der Waals surface area contributed by atoms with Crippen LogP contribution in [0.25, 0.3) is 0 Å². The molecule has 8 heteroatoms. The van der Waals surface area contributed by atoms with Gasteiger partial charge in [0.2, 0.25) is 10.0 Å². The second-order valence-electron chi connectivity index (χ2n) is 7.70. The molecule has 0 bridgehead atoms. The van der Waals surface area contributed by atoms with Crippen LogP contribution in [0.15, 0.2) is 35.2 Å². The van der Waals surface area contributed by atoms with Crippen LogP contribution in [-0.2, 0) is 10.0 Å². The molecule has 0 saturated carbocycles. The molecule has 2 amide bonds. The molecule has 3 rings (SSSR count). The van der Waals surface area contributed by atoms with E-state index in [0.717, 1.165) is 11.1 Å². The number of benzene rings is 1. The summed E-state index contributed by atoms with van der Waals surface area (Å²) in [6, 6.07) is 8.72. The molecule has 6 nitrogen and oxygen atoms in total. The minimum Gasteiger partial charge on any atom is -0.335 e. The van der Waals surface area contributed by atoms with Gasteiger partial charge >= 0.3 is 6.03 Å². The van der Waals surface area contributed by atoms with Gasteiger partial charge in [-0.05, 0) is 64.3 Å². The Balaban J connectivity index is 1.52. The third kappa shape index (κ3) is 5.18. The van der Waals surface area contributed by atoms with E-state index in [1.807, 2.05) is 26.0 Å². The summed E-state index contributed by atoms with van der Waals surface area (Å²) in [6.45, 7) is 8.84. The summed E-state index contributed by atoms with van der Waals surface area (Å²) in [5.41, 5.74) is 2.17. The van der Waals surface area contributed by atoms with Crippen molar-refractivity contribution in [3.63, 3.8) is 0 Å². The van der Waals surface area contributed by atoms with Gasteiger partial charge in [-0.25, -0.2) is 13.2 Å². The molecule has 1 aliphatic heterocycles. The third-order valence-electron chi connectivity index (χ3n) is 5.34. The summed E-state index contributed by atoms with van der Waals surface area (Å²) in [5.74, 6) is 0. The molecule has 0 aliphatic carbocycles. The largest absolute Gasteiger partial charge is 0.335 e. The highest BCUT2D eigenvalue weighted by atomic mass is 32.2. The number of carbonyl (C=O) groups excluding carboxylic acids is 1. The van der Waals surface area contributed by atoms with Crippen LogP contribution in [0.1, 0.15) is 46.7 Å². The normalized spacial score (nSPS) is 17.1. The highest BCUT2D eigenvalue weighted by Gasteiger charge is 2.30. The first-order chi connectivity index (χ1) is 13.7. The molecule has 0 spiro atoms. The first kappa shape index (κ1) is 21.8. The lowest BCUT2D eigenvalue weighted by Gasteiger charge is -2.32. The average Bonchev–Trinajstić information content (AvgIpc) is 3.00. The maximum atomic E-state index is 12.8. The van der Waals surface area contributed by atoms with Crippen molar-refractivity contribution in [1.82, 2.24) is 14.9 Å². The minimum absolute atomic E-state index is 0.0306.